The van der Waals surface area contributed by atoms with Gasteiger partial charge in [0.15, 0.2) is 16.6 Å². The number of halogens is 1. The van der Waals surface area contributed by atoms with Gasteiger partial charge in [0.1, 0.15) is 12.1 Å². The third-order valence-corrected chi connectivity index (χ3v) is 16.4. The highest BCUT2D eigenvalue weighted by Gasteiger charge is 2.41. The zero-order valence-corrected chi connectivity index (χ0v) is 29.3. The van der Waals surface area contributed by atoms with Gasteiger partial charge >= 0.3 is 0 Å². The van der Waals surface area contributed by atoms with E-state index in [1.165, 1.54) is 0 Å². The minimum absolute atomic E-state index is 0.249. The Hall–Kier alpha value is -2.69. The van der Waals surface area contributed by atoms with Gasteiger partial charge in [-0.3, -0.25) is 20.4 Å². The molecule has 2 rings (SSSR count). The van der Waals surface area contributed by atoms with Crippen LogP contribution in [0.4, 0.5) is 5.69 Å². The van der Waals surface area contributed by atoms with E-state index < -0.39 is 39.5 Å². The lowest BCUT2D eigenvalue weighted by Gasteiger charge is -2.39. The zero-order chi connectivity index (χ0) is 32.3. The normalized spacial score (nSPS) is 14.0. The van der Waals surface area contributed by atoms with Gasteiger partial charge in [-0.15, -0.1) is 0 Å². The lowest BCUT2D eigenvalue weighted by atomic mass is 9.90. The fourth-order valence-electron chi connectivity index (χ4n) is 4.55. The number of nitrogens with one attached hydrogen (secondary N) is 3. The van der Waals surface area contributed by atoms with E-state index in [1.807, 2.05) is 66.9 Å². The number of benzene rings is 2. The van der Waals surface area contributed by atoms with E-state index in [0.717, 1.165) is 5.56 Å². The molecule has 0 aliphatic carbocycles. The molecule has 0 radical (unpaired) electrons. The summed E-state index contributed by atoms with van der Waals surface area (Å²) in [4.78, 5) is 48.2. The molecule has 5 N–H and O–H groups in total. The molecule has 2 aromatic carbocycles. The van der Waals surface area contributed by atoms with Gasteiger partial charge in [-0.25, -0.2) is 0 Å². The number of nitrogens with zero attached hydrogens (tertiary/aromatic N) is 1. The van der Waals surface area contributed by atoms with Crippen LogP contribution in [0.25, 0.3) is 0 Å². The quantitative estimate of drug-likeness (QED) is 0.146. The third kappa shape index (κ3) is 8.67. The van der Waals surface area contributed by atoms with E-state index in [0.29, 0.717) is 40.2 Å². The van der Waals surface area contributed by atoms with Crippen LogP contribution in [0.15, 0.2) is 36.4 Å². The number of carbonyl (C=O) groups excluding carboxylic acids is 2. The van der Waals surface area contributed by atoms with Crippen molar-refractivity contribution < 1.29 is 19.2 Å². The van der Waals surface area contributed by atoms with Crippen molar-refractivity contribution in [1.82, 2.24) is 10.9 Å². The van der Waals surface area contributed by atoms with Crippen LogP contribution < -0.4 is 16.2 Å². The van der Waals surface area contributed by atoms with E-state index in [-0.39, 0.29) is 11.0 Å². The lowest BCUT2D eigenvalue weighted by Crippen LogP contribution is -2.52. The molecule has 0 aliphatic heterocycles. The molecule has 0 spiro atoms. The third-order valence-electron chi connectivity index (χ3n) is 8.95. The second-order valence-electron chi connectivity index (χ2n) is 13.7. The first kappa shape index (κ1) is 35.5. The Morgan fingerprint density at radius 2 is 1.60 bits per heavy atom. The molecule has 230 valence electrons. The summed E-state index contributed by atoms with van der Waals surface area (Å²) >= 11 is 6.40. The van der Waals surface area contributed by atoms with Gasteiger partial charge in [0, 0.05) is 11.3 Å². The summed E-state index contributed by atoms with van der Waals surface area (Å²) in [6.07, 6.45) is 1.17. The fourth-order valence-corrected chi connectivity index (χ4v) is 6.22. The minimum atomic E-state index is -2.57. The van der Waals surface area contributed by atoms with Crippen molar-refractivity contribution in [1.29, 1.82) is 5.26 Å². The number of rotatable bonds is 11. The van der Waals surface area contributed by atoms with Gasteiger partial charge < -0.3 is 14.9 Å². The van der Waals surface area contributed by atoms with Crippen molar-refractivity contribution >= 4 is 45.7 Å². The minimum Gasteiger partial charge on any atom is -0.432 e. The first-order valence-electron chi connectivity index (χ1n) is 14.2. The maximum atomic E-state index is 13.6. The first-order chi connectivity index (χ1) is 19.1. The Bertz CT molecular complexity index is 1340. The van der Waals surface area contributed by atoms with Crippen LogP contribution in [0.3, 0.4) is 0 Å². The molecule has 2 amide bonds. The number of anilines is 1. The highest BCUT2D eigenvalue weighted by atomic mass is 35.5. The highest BCUT2D eigenvalue weighted by Crippen LogP contribution is 2.43. The summed E-state index contributed by atoms with van der Waals surface area (Å²) in [5, 5.41) is 12.2. The molecule has 11 heteroatoms. The number of hydrogen-bond acceptors (Lipinski definition) is 6. The highest BCUT2D eigenvalue weighted by molar-refractivity contribution is 6.73. The second kappa shape index (κ2) is 13.3. The molecule has 2 aromatic rings. The lowest BCUT2D eigenvalue weighted by molar-refractivity contribution is -0.123. The van der Waals surface area contributed by atoms with E-state index >= 15 is 0 Å². The molecule has 42 heavy (non-hydrogen) atoms. The molecule has 0 aromatic heterocycles. The molecular formula is C31H47ClN4O4Si2. The van der Waals surface area contributed by atoms with Gasteiger partial charge in [0.25, 0.3) is 11.8 Å². The summed E-state index contributed by atoms with van der Waals surface area (Å²) in [7, 11) is -5.01. The predicted octanol–water partition coefficient (Wildman–Crippen LogP) is 6.29. The summed E-state index contributed by atoms with van der Waals surface area (Å²) in [6, 6.07) is 11.8. The number of hydrazine groups is 1. The Kier molecular flexibility index (Phi) is 11.3. The zero-order valence-electron chi connectivity index (χ0n) is 26.6. The monoisotopic (exact) mass is 630 g/mol. The van der Waals surface area contributed by atoms with Crippen LogP contribution >= 0.6 is 11.6 Å². The molecule has 8 nitrogen and oxygen atoms in total. The van der Waals surface area contributed by atoms with Gasteiger partial charge in [-0.1, -0.05) is 58.4 Å². The molecular weight excluding hydrogens is 584 g/mol. The molecule has 0 fully saturated rings. The van der Waals surface area contributed by atoms with Crippen LogP contribution in [0, 0.1) is 24.2 Å². The van der Waals surface area contributed by atoms with Gasteiger partial charge in [-0.2, -0.15) is 5.26 Å². The molecule has 0 bridgehead atoms. The van der Waals surface area contributed by atoms with Crippen molar-refractivity contribution in [3.8, 4) is 6.07 Å². The van der Waals surface area contributed by atoms with Crippen LogP contribution in [0.1, 0.15) is 68.1 Å². The topological polar surface area (TPSA) is 134 Å². The van der Waals surface area contributed by atoms with E-state index in [9.17, 15) is 24.4 Å². The fraction of sp³-hybridized carbons (Fsp3) is 0.516. The van der Waals surface area contributed by atoms with Gasteiger partial charge in [0.2, 0.25) is 0 Å². The average molecular weight is 631 g/mol. The van der Waals surface area contributed by atoms with Crippen molar-refractivity contribution in [3.63, 3.8) is 0 Å². The first-order valence-corrected chi connectivity index (χ1v) is 20.5. The average Bonchev–Trinajstić information content (AvgIpc) is 2.86. The van der Waals surface area contributed by atoms with Crippen molar-refractivity contribution in [3.05, 3.63) is 63.7 Å². The van der Waals surface area contributed by atoms with Crippen molar-refractivity contribution in [2.45, 2.75) is 96.7 Å². The van der Waals surface area contributed by atoms with Crippen molar-refractivity contribution in [2.75, 3.05) is 5.32 Å². The standard InChI is InChI=1S/C31H47ClN4O4Si2/c1-20(17-30(3,4)41(7,8)39)27(34-25-15-14-24(19-33)26(32)21(25)2)29(38)36-35-28(37)23-13-11-12-22(16-23)18-31(5,6)42(9,10)40/h11-16,20,27,34,39-40H,17-18H2,1-10H3,(H,35,37)(H,36,38)/t20-,27-/m1/s1. The number of carbonyl (C=O) groups is 2. The molecule has 0 heterocycles. The van der Waals surface area contributed by atoms with Crippen molar-refractivity contribution in [2.24, 2.45) is 5.92 Å². The Balaban J connectivity index is 2.29. The molecule has 0 aliphatic rings. The Morgan fingerprint density at radius 1 is 1.00 bits per heavy atom. The Labute approximate surface area is 258 Å². The van der Waals surface area contributed by atoms with E-state index in [4.69, 9.17) is 11.6 Å². The summed E-state index contributed by atoms with van der Waals surface area (Å²) in [6.45, 7) is 19.4. The van der Waals surface area contributed by atoms with Crippen LogP contribution in [0.5, 0.6) is 0 Å². The summed E-state index contributed by atoms with van der Waals surface area (Å²) in [5.41, 5.74) is 8.02. The maximum Gasteiger partial charge on any atom is 0.269 e. The number of hydrogen-bond donors (Lipinski definition) is 5. The second-order valence-corrected chi connectivity index (χ2v) is 23.0. The summed E-state index contributed by atoms with van der Waals surface area (Å²) < 4.78 is 0. The summed E-state index contributed by atoms with van der Waals surface area (Å²) in [5.74, 6) is -1.16. The number of amides is 2. The van der Waals surface area contributed by atoms with Crippen LogP contribution in [-0.2, 0) is 11.2 Å². The predicted molar refractivity (Wildman–Crippen MR) is 175 cm³/mol. The van der Waals surface area contributed by atoms with Crippen LogP contribution in [-0.4, -0.2) is 44.1 Å². The van der Waals surface area contributed by atoms with Crippen LogP contribution in [0.2, 0.25) is 41.3 Å². The SMILES string of the molecule is Cc1c(N[C@@H](C(=O)NNC(=O)c2cccc(CC(C)(C)[Si](C)(C)O)c2)[C@H](C)CC(C)(C)[Si](C)(C)O)ccc(C#N)c1Cl. The number of nitriles is 1. The smallest absolute Gasteiger partial charge is 0.269 e. The Morgan fingerprint density at radius 3 is 2.14 bits per heavy atom. The van der Waals surface area contributed by atoms with E-state index in [2.05, 4.69) is 22.2 Å². The van der Waals surface area contributed by atoms with E-state index in [1.54, 1.807) is 37.3 Å². The largest absolute Gasteiger partial charge is 0.432 e. The molecule has 0 saturated carbocycles. The van der Waals surface area contributed by atoms with Gasteiger partial charge in [0.05, 0.1) is 10.6 Å². The molecule has 2 atom stereocenters. The molecule has 0 unspecified atom stereocenters. The maximum absolute atomic E-state index is 13.6. The molecule has 0 saturated heterocycles. The van der Waals surface area contributed by atoms with Gasteiger partial charge in [-0.05, 0) is 97.3 Å².